The van der Waals surface area contributed by atoms with E-state index in [0.717, 1.165) is 11.1 Å². The number of hydrogen-bond donors (Lipinski definition) is 2. The molecular formula is C11H16N6O. The molecule has 7 nitrogen and oxygen atoms in total. The SMILES string of the molecule is CC.CC(C)c1[nH]nc2[nH]c(=O)n3cnnc3c12. The molecule has 0 aromatic carbocycles. The number of nitrogens with one attached hydrogen (secondary N) is 2. The molecule has 0 saturated heterocycles. The van der Waals surface area contributed by atoms with E-state index in [0.29, 0.717) is 11.3 Å². The lowest BCUT2D eigenvalue weighted by Crippen LogP contribution is -2.15. The average molecular weight is 248 g/mol. The first-order chi connectivity index (χ1) is 8.68. The van der Waals surface area contributed by atoms with Crippen molar-refractivity contribution in [3.63, 3.8) is 0 Å². The second-order valence-electron chi connectivity index (χ2n) is 3.97. The van der Waals surface area contributed by atoms with E-state index in [1.54, 1.807) is 0 Å². The highest BCUT2D eigenvalue weighted by Gasteiger charge is 2.15. The standard InChI is InChI=1S/C9H10N6O.C2H6/c1-4(2)6-5-7(13-12-6)11-9(16)15-3-10-14-8(5)15;1-2/h3-4H,1-2H3,(H2,11,12,13,16);1-2H3. The number of fused-ring (bicyclic) bond motifs is 3. The molecule has 96 valence electrons. The van der Waals surface area contributed by atoms with Gasteiger partial charge in [0.2, 0.25) is 0 Å². The largest absolute Gasteiger partial charge is 0.334 e. The maximum absolute atomic E-state index is 11.6. The van der Waals surface area contributed by atoms with E-state index in [1.165, 1.54) is 10.7 Å². The van der Waals surface area contributed by atoms with Crippen LogP contribution in [0.15, 0.2) is 11.1 Å². The van der Waals surface area contributed by atoms with Crippen LogP contribution in [0.3, 0.4) is 0 Å². The van der Waals surface area contributed by atoms with Gasteiger partial charge in [-0.25, -0.2) is 9.20 Å². The summed E-state index contributed by atoms with van der Waals surface area (Å²) in [5.41, 5.74) is 1.73. The van der Waals surface area contributed by atoms with Gasteiger partial charge < -0.3 is 0 Å². The topological polar surface area (TPSA) is 91.7 Å². The van der Waals surface area contributed by atoms with Crippen LogP contribution < -0.4 is 5.69 Å². The van der Waals surface area contributed by atoms with Gasteiger partial charge in [-0.1, -0.05) is 27.7 Å². The molecule has 0 saturated carbocycles. The molecule has 3 rings (SSSR count). The smallest absolute Gasteiger partial charge is 0.289 e. The number of hydrogen-bond acceptors (Lipinski definition) is 4. The molecule has 0 amide bonds. The Morgan fingerprint density at radius 2 is 2.06 bits per heavy atom. The van der Waals surface area contributed by atoms with Gasteiger partial charge in [-0.15, -0.1) is 10.2 Å². The monoisotopic (exact) mass is 248 g/mol. The minimum atomic E-state index is -0.283. The average Bonchev–Trinajstić information content (AvgIpc) is 2.96. The molecule has 3 aromatic rings. The van der Waals surface area contributed by atoms with Crippen LogP contribution in [0.2, 0.25) is 0 Å². The van der Waals surface area contributed by atoms with Gasteiger partial charge >= 0.3 is 5.69 Å². The van der Waals surface area contributed by atoms with Gasteiger partial charge in [0, 0.05) is 0 Å². The molecule has 0 radical (unpaired) electrons. The molecule has 2 N–H and O–H groups in total. The zero-order valence-electron chi connectivity index (χ0n) is 10.9. The Hall–Kier alpha value is -2.18. The maximum Gasteiger partial charge on any atom is 0.334 e. The number of rotatable bonds is 1. The van der Waals surface area contributed by atoms with Crippen LogP contribution in [0.25, 0.3) is 16.7 Å². The minimum absolute atomic E-state index is 0.274. The second kappa shape index (κ2) is 4.59. The van der Waals surface area contributed by atoms with Gasteiger partial charge in [0.1, 0.15) is 6.33 Å². The van der Waals surface area contributed by atoms with Crippen molar-refractivity contribution in [2.75, 3.05) is 0 Å². The van der Waals surface area contributed by atoms with Gasteiger partial charge in [-0.05, 0) is 5.92 Å². The summed E-state index contributed by atoms with van der Waals surface area (Å²) in [5, 5.41) is 15.5. The zero-order chi connectivity index (χ0) is 13.3. The number of nitrogens with zero attached hydrogens (tertiary/aromatic N) is 4. The lowest BCUT2D eigenvalue weighted by Gasteiger charge is -2.01. The van der Waals surface area contributed by atoms with E-state index in [2.05, 4.69) is 25.4 Å². The van der Waals surface area contributed by atoms with E-state index in [4.69, 9.17) is 0 Å². The van der Waals surface area contributed by atoms with Crippen molar-refractivity contribution in [1.82, 2.24) is 29.8 Å². The lowest BCUT2D eigenvalue weighted by atomic mass is 10.1. The summed E-state index contributed by atoms with van der Waals surface area (Å²) in [6.07, 6.45) is 1.39. The van der Waals surface area contributed by atoms with Gasteiger partial charge in [0.25, 0.3) is 0 Å². The van der Waals surface area contributed by atoms with Crippen LogP contribution in [-0.2, 0) is 0 Å². The minimum Gasteiger partial charge on any atom is -0.289 e. The molecule has 18 heavy (non-hydrogen) atoms. The Balaban J connectivity index is 0.000000574. The third kappa shape index (κ3) is 1.68. The third-order valence-electron chi connectivity index (χ3n) is 2.59. The van der Waals surface area contributed by atoms with Crippen LogP contribution in [0.1, 0.15) is 39.3 Å². The van der Waals surface area contributed by atoms with E-state index < -0.39 is 0 Å². The zero-order valence-corrected chi connectivity index (χ0v) is 10.9. The Labute approximate surface area is 103 Å². The molecule has 0 spiro atoms. The summed E-state index contributed by atoms with van der Waals surface area (Å²) in [6, 6.07) is 0. The first kappa shape index (κ1) is 12.3. The van der Waals surface area contributed by atoms with Gasteiger partial charge in [0.15, 0.2) is 11.3 Å². The quantitative estimate of drug-likeness (QED) is 0.681. The molecule has 0 atom stereocenters. The maximum atomic E-state index is 11.6. The highest BCUT2D eigenvalue weighted by atomic mass is 16.1. The van der Waals surface area contributed by atoms with Crippen molar-refractivity contribution in [3.8, 4) is 0 Å². The molecule has 3 aromatic heterocycles. The fourth-order valence-corrected chi connectivity index (χ4v) is 1.81. The molecule has 0 fully saturated rings. The summed E-state index contributed by atoms with van der Waals surface area (Å²) in [5.74, 6) is 0.274. The van der Waals surface area contributed by atoms with Crippen LogP contribution in [0.4, 0.5) is 0 Å². The van der Waals surface area contributed by atoms with Crippen LogP contribution in [0, 0.1) is 0 Å². The highest BCUT2D eigenvalue weighted by molar-refractivity contribution is 5.91. The number of aromatic nitrogens is 6. The van der Waals surface area contributed by atoms with E-state index in [-0.39, 0.29) is 11.6 Å². The van der Waals surface area contributed by atoms with Gasteiger partial charge in [0.05, 0.1) is 11.1 Å². The Morgan fingerprint density at radius 1 is 1.33 bits per heavy atom. The van der Waals surface area contributed by atoms with Crippen LogP contribution in [0.5, 0.6) is 0 Å². The van der Waals surface area contributed by atoms with Crippen molar-refractivity contribution in [2.24, 2.45) is 0 Å². The second-order valence-corrected chi connectivity index (χ2v) is 3.97. The summed E-state index contributed by atoms with van der Waals surface area (Å²) >= 11 is 0. The van der Waals surface area contributed by atoms with Crippen molar-refractivity contribution >= 4 is 16.7 Å². The van der Waals surface area contributed by atoms with Crippen LogP contribution in [-0.4, -0.2) is 29.8 Å². The van der Waals surface area contributed by atoms with E-state index in [9.17, 15) is 4.79 Å². The molecule has 0 aliphatic heterocycles. The van der Waals surface area contributed by atoms with Crippen molar-refractivity contribution < 1.29 is 0 Å². The lowest BCUT2D eigenvalue weighted by molar-refractivity contribution is 0.817. The van der Waals surface area contributed by atoms with Crippen LogP contribution >= 0.6 is 0 Å². The summed E-state index contributed by atoms with van der Waals surface area (Å²) in [6.45, 7) is 8.09. The molecule has 7 heteroatoms. The highest BCUT2D eigenvalue weighted by Crippen LogP contribution is 2.23. The normalized spacial score (nSPS) is 10.9. The first-order valence-electron chi connectivity index (χ1n) is 5.98. The summed E-state index contributed by atoms with van der Waals surface area (Å²) in [4.78, 5) is 14.3. The Morgan fingerprint density at radius 3 is 2.72 bits per heavy atom. The fraction of sp³-hybridized carbons (Fsp3) is 0.455. The molecule has 0 unspecified atom stereocenters. The summed E-state index contributed by atoms with van der Waals surface area (Å²) in [7, 11) is 0. The molecule has 0 aliphatic carbocycles. The molecule has 0 bridgehead atoms. The summed E-state index contributed by atoms with van der Waals surface area (Å²) < 4.78 is 1.38. The van der Waals surface area contributed by atoms with Gasteiger partial charge in [-0.2, -0.15) is 5.10 Å². The fourth-order valence-electron chi connectivity index (χ4n) is 1.81. The molecule has 3 heterocycles. The van der Waals surface area contributed by atoms with Crippen molar-refractivity contribution in [2.45, 2.75) is 33.6 Å². The Kier molecular flexibility index (Phi) is 3.14. The van der Waals surface area contributed by atoms with E-state index in [1.807, 2.05) is 27.7 Å². The molecular weight excluding hydrogens is 232 g/mol. The first-order valence-corrected chi connectivity index (χ1v) is 5.98. The molecule has 0 aliphatic rings. The van der Waals surface area contributed by atoms with Crippen molar-refractivity contribution in [3.05, 3.63) is 22.5 Å². The third-order valence-corrected chi connectivity index (χ3v) is 2.59. The van der Waals surface area contributed by atoms with Crippen molar-refractivity contribution in [1.29, 1.82) is 0 Å². The number of H-pyrrole nitrogens is 2. The Bertz CT molecular complexity index is 720. The number of aromatic amines is 2. The predicted octanol–water partition coefficient (Wildman–Crippen LogP) is 1.44. The van der Waals surface area contributed by atoms with E-state index >= 15 is 0 Å². The predicted molar refractivity (Wildman–Crippen MR) is 68.7 cm³/mol. The van der Waals surface area contributed by atoms with Gasteiger partial charge in [-0.3, -0.25) is 10.1 Å².